The highest BCUT2D eigenvalue weighted by atomic mass is 32.1. The van der Waals surface area contributed by atoms with Gasteiger partial charge in [0.2, 0.25) is 0 Å². The summed E-state index contributed by atoms with van der Waals surface area (Å²) in [5.74, 6) is 0. The summed E-state index contributed by atoms with van der Waals surface area (Å²) >= 11 is 1.61. The number of amides is 2. The van der Waals surface area contributed by atoms with Crippen LogP contribution in [0.15, 0.2) is 42.3 Å². The smallest absolute Gasteiger partial charge is 0.317 e. The van der Waals surface area contributed by atoms with Gasteiger partial charge < -0.3 is 15.0 Å². The number of rotatable bonds is 6. The fourth-order valence-electron chi connectivity index (χ4n) is 3.26. The maximum Gasteiger partial charge on any atom is 0.317 e. The largest absolute Gasteiger partial charge is 0.372 e. The number of carbonyl (C=O) groups is 1. The number of imidazole rings is 1. The van der Waals surface area contributed by atoms with Crippen LogP contribution in [0.4, 0.5) is 4.79 Å². The molecule has 4 rings (SSSR count). The summed E-state index contributed by atoms with van der Waals surface area (Å²) in [4.78, 5) is 23.9. The van der Waals surface area contributed by atoms with Crippen LogP contribution in [-0.2, 0) is 17.8 Å². The highest BCUT2D eigenvalue weighted by molar-refractivity contribution is 7.15. The van der Waals surface area contributed by atoms with E-state index >= 15 is 0 Å². The van der Waals surface area contributed by atoms with E-state index < -0.39 is 0 Å². The van der Waals surface area contributed by atoms with E-state index in [9.17, 15) is 4.79 Å². The van der Waals surface area contributed by atoms with Crippen LogP contribution in [0.2, 0.25) is 0 Å². The molecule has 3 aromatic heterocycles. The Balaban J connectivity index is 1.21. The molecule has 1 saturated heterocycles. The van der Waals surface area contributed by atoms with Crippen LogP contribution >= 0.6 is 11.3 Å². The van der Waals surface area contributed by atoms with Gasteiger partial charge in [0.1, 0.15) is 0 Å². The second-order valence-electron chi connectivity index (χ2n) is 6.69. The van der Waals surface area contributed by atoms with E-state index in [2.05, 4.69) is 15.3 Å². The highest BCUT2D eigenvalue weighted by Gasteiger charge is 2.24. The molecule has 4 heterocycles. The quantitative estimate of drug-likeness (QED) is 0.708. The van der Waals surface area contributed by atoms with Crippen molar-refractivity contribution in [2.45, 2.75) is 32.0 Å². The molecule has 8 heteroatoms. The van der Waals surface area contributed by atoms with E-state index in [4.69, 9.17) is 4.74 Å². The Bertz CT molecular complexity index is 850. The Morgan fingerprint density at radius 3 is 3.26 bits per heavy atom. The predicted molar refractivity (Wildman–Crippen MR) is 104 cm³/mol. The molecular weight excluding hydrogens is 362 g/mol. The fourth-order valence-corrected chi connectivity index (χ4v) is 3.98. The zero-order chi connectivity index (χ0) is 18.5. The molecule has 2 amide bonds. The topological polar surface area (TPSA) is 71.8 Å². The number of hydrogen-bond donors (Lipinski definition) is 1. The van der Waals surface area contributed by atoms with Crippen LogP contribution < -0.4 is 5.32 Å². The van der Waals surface area contributed by atoms with E-state index in [1.54, 1.807) is 17.5 Å². The first-order valence-corrected chi connectivity index (χ1v) is 10.1. The van der Waals surface area contributed by atoms with Gasteiger partial charge in [0.25, 0.3) is 0 Å². The molecule has 27 heavy (non-hydrogen) atoms. The molecule has 1 aliphatic heterocycles. The van der Waals surface area contributed by atoms with Crippen LogP contribution in [0.3, 0.4) is 0 Å². The van der Waals surface area contributed by atoms with Gasteiger partial charge in [0.05, 0.1) is 18.4 Å². The van der Waals surface area contributed by atoms with Crippen molar-refractivity contribution in [2.24, 2.45) is 0 Å². The first-order chi connectivity index (χ1) is 13.3. The number of pyridine rings is 1. The lowest BCUT2D eigenvalue weighted by Gasteiger charge is -2.32. The minimum atomic E-state index is -0.0225. The number of piperidine rings is 1. The van der Waals surface area contributed by atoms with Gasteiger partial charge in [-0.2, -0.15) is 0 Å². The Morgan fingerprint density at radius 2 is 2.41 bits per heavy atom. The van der Waals surface area contributed by atoms with Crippen molar-refractivity contribution in [1.29, 1.82) is 0 Å². The van der Waals surface area contributed by atoms with Crippen molar-refractivity contribution in [3.8, 4) is 0 Å². The van der Waals surface area contributed by atoms with E-state index in [1.807, 2.05) is 45.4 Å². The van der Waals surface area contributed by atoms with Crippen molar-refractivity contribution in [2.75, 3.05) is 19.6 Å². The van der Waals surface area contributed by atoms with Crippen molar-refractivity contribution in [1.82, 2.24) is 24.6 Å². The average Bonchev–Trinajstić information content (AvgIpc) is 3.29. The van der Waals surface area contributed by atoms with Gasteiger partial charge in [0, 0.05) is 56.2 Å². The minimum Gasteiger partial charge on any atom is -0.372 e. The Hall–Kier alpha value is -2.45. The van der Waals surface area contributed by atoms with Gasteiger partial charge in [-0.15, -0.1) is 11.3 Å². The summed E-state index contributed by atoms with van der Waals surface area (Å²) in [6.45, 7) is 2.53. The van der Waals surface area contributed by atoms with E-state index in [-0.39, 0.29) is 12.1 Å². The first-order valence-electron chi connectivity index (χ1n) is 9.22. The summed E-state index contributed by atoms with van der Waals surface area (Å²) in [5.41, 5.74) is 2.05. The predicted octanol–water partition coefficient (Wildman–Crippen LogP) is 2.72. The monoisotopic (exact) mass is 385 g/mol. The van der Waals surface area contributed by atoms with Crippen LogP contribution in [0.5, 0.6) is 0 Å². The third-order valence-corrected chi connectivity index (χ3v) is 5.45. The third kappa shape index (κ3) is 4.64. The molecule has 0 spiro atoms. The second-order valence-corrected chi connectivity index (χ2v) is 7.56. The number of fused-ring (bicyclic) bond motifs is 1. The maximum atomic E-state index is 12.5. The van der Waals surface area contributed by atoms with Crippen molar-refractivity contribution < 1.29 is 9.53 Å². The molecule has 0 aromatic carbocycles. The molecule has 0 bridgehead atoms. The number of hydrogen-bond acceptors (Lipinski definition) is 5. The maximum absolute atomic E-state index is 12.5. The third-order valence-electron chi connectivity index (χ3n) is 4.67. The summed E-state index contributed by atoms with van der Waals surface area (Å²) in [6.07, 6.45) is 10.3. The Morgan fingerprint density at radius 1 is 1.44 bits per heavy atom. The Labute approximate surface area is 162 Å². The van der Waals surface area contributed by atoms with Crippen LogP contribution in [-0.4, -0.2) is 51.0 Å². The van der Waals surface area contributed by atoms with Crippen LogP contribution in [0.1, 0.15) is 24.1 Å². The molecule has 1 atom stereocenters. The lowest BCUT2D eigenvalue weighted by atomic mass is 10.1. The number of urea groups is 1. The molecule has 7 nitrogen and oxygen atoms in total. The molecule has 0 saturated carbocycles. The SMILES string of the molecule is O=C(NCCc1cn2ccsc2n1)N1CCCC(OCc2cccnc2)C1. The number of ether oxygens (including phenoxy) is 1. The number of aromatic nitrogens is 3. The zero-order valence-corrected chi connectivity index (χ0v) is 15.9. The fraction of sp³-hybridized carbons (Fsp3) is 0.421. The highest BCUT2D eigenvalue weighted by Crippen LogP contribution is 2.15. The van der Waals surface area contributed by atoms with Gasteiger partial charge in [-0.25, -0.2) is 9.78 Å². The first kappa shape index (κ1) is 17.9. The van der Waals surface area contributed by atoms with E-state index in [1.165, 1.54) is 0 Å². The van der Waals surface area contributed by atoms with Gasteiger partial charge >= 0.3 is 6.03 Å². The van der Waals surface area contributed by atoms with Crippen molar-refractivity contribution >= 4 is 22.3 Å². The number of nitrogens with zero attached hydrogens (tertiary/aromatic N) is 4. The number of likely N-dealkylation sites (tertiary alicyclic amines) is 1. The number of thiazole rings is 1. The molecular formula is C19H23N5O2S. The molecule has 142 valence electrons. The molecule has 0 aliphatic carbocycles. The summed E-state index contributed by atoms with van der Waals surface area (Å²) < 4.78 is 7.99. The standard InChI is InChI=1S/C19H23N5O2S/c25-18(21-7-5-16-12-24-9-10-27-19(24)22-16)23-8-2-4-17(13-23)26-14-15-3-1-6-20-11-15/h1,3,6,9-12,17H,2,4-5,7-8,13-14H2,(H,21,25). The van der Waals surface area contributed by atoms with Crippen LogP contribution in [0.25, 0.3) is 4.96 Å². The van der Waals surface area contributed by atoms with Crippen molar-refractivity contribution in [3.05, 3.63) is 53.6 Å². The molecule has 3 aromatic rings. The molecule has 0 radical (unpaired) electrons. The van der Waals surface area contributed by atoms with E-state index in [0.29, 0.717) is 19.7 Å². The summed E-state index contributed by atoms with van der Waals surface area (Å²) in [6, 6.07) is 3.88. The van der Waals surface area contributed by atoms with Gasteiger partial charge in [-0.3, -0.25) is 9.38 Å². The Kier molecular flexibility index (Phi) is 5.64. The van der Waals surface area contributed by atoms with Gasteiger partial charge in [-0.05, 0) is 24.5 Å². The normalized spacial score (nSPS) is 17.3. The number of carbonyl (C=O) groups excluding carboxylic acids is 1. The molecule has 1 unspecified atom stereocenters. The van der Waals surface area contributed by atoms with Crippen LogP contribution in [0, 0.1) is 0 Å². The molecule has 1 fully saturated rings. The lowest BCUT2D eigenvalue weighted by molar-refractivity contribution is -0.000402. The average molecular weight is 385 g/mol. The van der Waals surface area contributed by atoms with E-state index in [0.717, 1.165) is 42.0 Å². The summed E-state index contributed by atoms with van der Waals surface area (Å²) in [7, 11) is 0. The zero-order valence-electron chi connectivity index (χ0n) is 15.1. The van der Waals surface area contributed by atoms with Crippen molar-refractivity contribution in [3.63, 3.8) is 0 Å². The summed E-state index contributed by atoms with van der Waals surface area (Å²) in [5, 5.41) is 5.02. The minimum absolute atomic E-state index is 0.0225. The second kappa shape index (κ2) is 8.49. The lowest BCUT2D eigenvalue weighted by Crippen LogP contribution is -2.48. The van der Waals surface area contributed by atoms with Gasteiger partial charge in [-0.1, -0.05) is 6.07 Å². The molecule has 1 N–H and O–H groups in total. The molecule has 1 aliphatic rings. The number of nitrogens with one attached hydrogen (secondary N) is 1. The van der Waals surface area contributed by atoms with Gasteiger partial charge in [0.15, 0.2) is 4.96 Å².